The highest BCUT2D eigenvalue weighted by molar-refractivity contribution is 5.86. The monoisotopic (exact) mass is 808 g/mol. The van der Waals surface area contributed by atoms with Crippen LogP contribution in [0.4, 0.5) is 0 Å². The lowest BCUT2D eigenvalue weighted by Crippen LogP contribution is -2.15. The molecule has 0 aliphatic rings. The van der Waals surface area contributed by atoms with Gasteiger partial charge >= 0.3 is 0 Å². The van der Waals surface area contributed by atoms with Crippen LogP contribution in [0, 0.1) is 13.8 Å². The van der Waals surface area contributed by atoms with Gasteiger partial charge in [-0.25, -0.2) is 0 Å². The lowest BCUT2D eigenvalue weighted by atomic mass is 10.1. The third kappa shape index (κ3) is 21.9. The van der Waals surface area contributed by atoms with Crippen LogP contribution >= 0.6 is 0 Å². The van der Waals surface area contributed by atoms with Crippen molar-refractivity contribution in [3.8, 4) is 11.5 Å². The van der Waals surface area contributed by atoms with E-state index in [0.29, 0.717) is 157 Å². The molecule has 0 aliphatic carbocycles. The second-order valence-electron chi connectivity index (χ2n) is 13.3. The number of rotatable bonds is 36. The zero-order chi connectivity index (χ0) is 40.6. The maximum atomic E-state index is 6.06. The first-order valence-electron chi connectivity index (χ1n) is 20.3. The number of aryl methyl sites for hydroxylation is 2. The van der Waals surface area contributed by atoms with Crippen LogP contribution in [0.1, 0.15) is 22.3 Å². The van der Waals surface area contributed by atoms with Gasteiger partial charge < -0.3 is 56.8 Å². The van der Waals surface area contributed by atoms with Crippen molar-refractivity contribution in [2.24, 2.45) is 0 Å². The SMILES string of the molecule is Cc1ccc(COCCOCCOCCOCCOCCOc2cc3ccccc3cc2OCCOCCOCCOCCOCCOCc2ccc(C)cc2)cc1. The predicted molar refractivity (Wildman–Crippen MR) is 223 cm³/mol. The number of hydrogen-bond donors (Lipinski definition) is 0. The minimum absolute atomic E-state index is 0.378. The standard InChI is InChI=1S/C46H64O12/c1-39-7-11-41(12-8-39)37-55-29-27-51-21-19-47-15-17-49-23-25-53-31-33-57-45-35-43-5-3-4-6-44(43)36-46(45)58-34-32-54-26-24-50-18-16-48-20-22-52-28-30-56-38-42-13-9-40(2)10-14-42/h3-14,35-36H,15-34,37-38H2,1-2H3. The Morgan fingerprint density at radius 2 is 0.552 bits per heavy atom. The molecule has 0 fully saturated rings. The maximum absolute atomic E-state index is 6.06. The second kappa shape index (κ2) is 31.3. The third-order valence-electron chi connectivity index (χ3n) is 8.54. The topological polar surface area (TPSA) is 111 Å². The van der Waals surface area contributed by atoms with Crippen LogP contribution in [-0.2, 0) is 60.6 Å². The summed E-state index contributed by atoms with van der Waals surface area (Å²) in [6, 6.07) is 28.7. The summed E-state index contributed by atoms with van der Waals surface area (Å²) in [7, 11) is 0. The quantitative estimate of drug-likeness (QED) is 0.0452. The van der Waals surface area contributed by atoms with Crippen LogP contribution in [0.5, 0.6) is 11.5 Å². The lowest BCUT2D eigenvalue weighted by Gasteiger charge is -2.15. The Morgan fingerprint density at radius 1 is 0.293 bits per heavy atom. The zero-order valence-corrected chi connectivity index (χ0v) is 34.5. The largest absolute Gasteiger partial charge is 0.487 e. The Labute approximate surface area is 344 Å². The molecule has 0 bridgehead atoms. The summed E-state index contributed by atoms with van der Waals surface area (Å²) in [5.74, 6) is 1.32. The first-order chi connectivity index (χ1) is 28.7. The molecular weight excluding hydrogens is 744 g/mol. The molecule has 0 radical (unpaired) electrons. The van der Waals surface area contributed by atoms with Crippen LogP contribution in [-0.4, -0.2) is 132 Å². The van der Waals surface area contributed by atoms with Crippen molar-refractivity contribution in [3.63, 3.8) is 0 Å². The van der Waals surface area contributed by atoms with E-state index in [1.807, 2.05) is 36.4 Å². The molecule has 4 aromatic carbocycles. The van der Waals surface area contributed by atoms with Crippen molar-refractivity contribution in [1.82, 2.24) is 0 Å². The van der Waals surface area contributed by atoms with Crippen LogP contribution in [0.3, 0.4) is 0 Å². The Balaban J connectivity index is 0.917. The molecule has 0 spiro atoms. The fraction of sp³-hybridized carbons (Fsp3) is 0.522. The first kappa shape index (κ1) is 47.0. The van der Waals surface area contributed by atoms with E-state index in [9.17, 15) is 0 Å². The van der Waals surface area contributed by atoms with Gasteiger partial charge in [-0.05, 0) is 47.9 Å². The van der Waals surface area contributed by atoms with Crippen molar-refractivity contribution in [3.05, 3.63) is 107 Å². The molecule has 0 heterocycles. The van der Waals surface area contributed by atoms with E-state index in [-0.39, 0.29) is 0 Å². The molecule has 320 valence electrons. The molecule has 0 amide bonds. The molecule has 4 rings (SSSR count). The molecule has 4 aromatic rings. The second-order valence-corrected chi connectivity index (χ2v) is 13.3. The van der Waals surface area contributed by atoms with Gasteiger partial charge in [0.05, 0.1) is 132 Å². The van der Waals surface area contributed by atoms with E-state index in [0.717, 1.165) is 21.9 Å². The molecule has 0 aromatic heterocycles. The van der Waals surface area contributed by atoms with Crippen LogP contribution < -0.4 is 9.47 Å². The summed E-state index contributed by atoms with van der Waals surface area (Å²) < 4.78 is 68.3. The third-order valence-corrected chi connectivity index (χ3v) is 8.54. The Morgan fingerprint density at radius 3 is 0.845 bits per heavy atom. The van der Waals surface area contributed by atoms with Crippen molar-refractivity contribution >= 4 is 10.8 Å². The van der Waals surface area contributed by atoms with Gasteiger partial charge in [0.25, 0.3) is 0 Å². The zero-order valence-electron chi connectivity index (χ0n) is 34.5. The summed E-state index contributed by atoms with van der Waals surface area (Å²) in [5.41, 5.74) is 4.81. The molecule has 0 saturated heterocycles. The number of hydrogen-bond acceptors (Lipinski definition) is 12. The molecule has 58 heavy (non-hydrogen) atoms. The van der Waals surface area contributed by atoms with Crippen LogP contribution in [0.15, 0.2) is 84.9 Å². The average molecular weight is 809 g/mol. The molecule has 12 heteroatoms. The first-order valence-corrected chi connectivity index (χ1v) is 20.3. The molecule has 0 N–H and O–H groups in total. The van der Waals surface area contributed by atoms with Crippen molar-refractivity contribution in [2.45, 2.75) is 27.1 Å². The molecule has 12 nitrogen and oxygen atoms in total. The van der Waals surface area contributed by atoms with E-state index in [2.05, 4.69) is 62.4 Å². The summed E-state index contributed by atoms with van der Waals surface area (Å²) in [6.07, 6.45) is 0. The fourth-order valence-electron chi connectivity index (χ4n) is 5.35. The van der Waals surface area contributed by atoms with E-state index >= 15 is 0 Å². The van der Waals surface area contributed by atoms with E-state index in [4.69, 9.17) is 56.8 Å². The molecule has 0 atom stereocenters. The number of ether oxygens (including phenoxy) is 12. The summed E-state index contributed by atoms with van der Waals surface area (Å²) in [4.78, 5) is 0. The fourth-order valence-corrected chi connectivity index (χ4v) is 5.35. The normalized spacial score (nSPS) is 11.4. The summed E-state index contributed by atoms with van der Waals surface area (Å²) in [6.45, 7) is 15.0. The minimum atomic E-state index is 0.378. The number of benzene rings is 4. The van der Waals surface area contributed by atoms with Gasteiger partial charge in [-0.2, -0.15) is 0 Å². The Bertz CT molecular complexity index is 1470. The van der Waals surface area contributed by atoms with Gasteiger partial charge in [0, 0.05) is 0 Å². The highest BCUT2D eigenvalue weighted by Crippen LogP contribution is 2.32. The predicted octanol–water partition coefficient (Wildman–Crippen LogP) is 6.78. The van der Waals surface area contributed by atoms with Crippen molar-refractivity contribution in [2.75, 3.05) is 132 Å². The van der Waals surface area contributed by atoms with E-state index < -0.39 is 0 Å². The van der Waals surface area contributed by atoms with Gasteiger partial charge in [0.15, 0.2) is 11.5 Å². The van der Waals surface area contributed by atoms with Crippen LogP contribution in [0.25, 0.3) is 10.8 Å². The van der Waals surface area contributed by atoms with Crippen LogP contribution in [0.2, 0.25) is 0 Å². The van der Waals surface area contributed by atoms with Crippen molar-refractivity contribution < 1.29 is 56.8 Å². The summed E-state index contributed by atoms with van der Waals surface area (Å²) in [5, 5.41) is 2.14. The van der Waals surface area contributed by atoms with Gasteiger partial charge in [-0.3, -0.25) is 0 Å². The Hall–Kier alpha value is -3.66. The van der Waals surface area contributed by atoms with Gasteiger partial charge in [-0.15, -0.1) is 0 Å². The lowest BCUT2D eigenvalue weighted by molar-refractivity contribution is -0.0144. The van der Waals surface area contributed by atoms with E-state index in [1.165, 1.54) is 11.1 Å². The molecule has 0 saturated carbocycles. The average Bonchev–Trinajstić information content (AvgIpc) is 3.24. The highest BCUT2D eigenvalue weighted by atomic mass is 16.6. The van der Waals surface area contributed by atoms with Gasteiger partial charge in [-0.1, -0.05) is 83.9 Å². The smallest absolute Gasteiger partial charge is 0.161 e. The summed E-state index contributed by atoms with van der Waals surface area (Å²) >= 11 is 0. The van der Waals surface area contributed by atoms with Gasteiger partial charge in [0.2, 0.25) is 0 Å². The van der Waals surface area contributed by atoms with Gasteiger partial charge in [0.1, 0.15) is 13.2 Å². The molecular formula is C46H64O12. The minimum Gasteiger partial charge on any atom is -0.487 e. The highest BCUT2D eigenvalue weighted by Gasteiger charge is 2.09. The number of fused-ring (bicyclic) bond motifs is 1. The van der Waals surface area contributed by atoms with Crippen molar-refractivity contribution in [1.29, 1.82) is 0 Å². The Kier molecular flexibility index (Phi) is 25.4. The van der Waals surface area contributed by atoms with E-state index in [1.54, 1.807) is 0 Å². The maximum Gasteiger partial charge on any atom is 0.161 e. The molecule has 0 unspecified atom stereocenters. The molecule has 0 aliphatic heterocycles.